The van der Waals surface area contributed by atoms with Gasteiger partial charge in [-0.2, -0.15) is 0 Å². The molecule has 0 aliphatic carbocycles. The van der Waals surface area contributed by atoms with Crippen LogP contribution in [-0.2, 0) is 16.5 Å². The van der Waals surface area contributed by atoms with Gasteiger partial charge in [0.2, 0.25) is 0 Å². The molecule has 0 aliphatic heterocycles. The molecule has 3 nitrogen and oxygen atoms in total. The topological polar surface area (TPSA) is 57.2 Å². The van der Waals surface area contributed by atoms with Gasteiger partial charge in [-0.3, -0.25) is 0 Å². The molecule has 0 amide bonds. The Balaban J connectivity index is 0.0000185. The van der Waals surface area contributed by atoms with Crippen LogP contribution in [0.5, 0.6) is 0 Å². The summed E-state index contributed by atoms with van der Waals surface area (Å²) in [5.41, 5.74) is 0.951. The standard InChI is InChI=1S/C39H72O3S.Na/c1-2-3-4-5-6-7-8-9-10-11-12-13-14-15-16-17-18-19-20-21-22-23-24-25-26-27-28-29-30-31-32-34-38-35-33-36-39(37-38)43(40,41)42;/h33,35-37H,2-32,34H2,1H3,(H,40,41,42);/q;+1/p-1. The van der Waals surface area contributed by atoms with Gasteiger partial charge in [-0.05, 0) is 30.5 Å². The van der Waals surface area contributed by atoms with E-state index in [1.54, 1.807) is 6.07 Å². The van der Waals surface area contributed by atoms with Crippen molar-refractivity contribution in [1.29, 1.82) is 0 Å². The third-order valence-corrected chi connectivity index (χ3v) is 10.1. The molecular weight excluding hydrogens is 571 g/mol. The summed E-state index contributed by atoms with van der Waals surface area (Å²) in [4.78, 5) is -0.106. The molecule has 0 bridgehead atoms. The summed E-state index contributed by atoms with van der Waals surface area (Å²) >= 11 is 0. The third-order valence-electron chi connectivity index (χ3n) is 9.26. The van der Waals surface area contributed by atoms with Crippen LogP contribution in [0, 0.1) is 0 Å². The van der Waals surface area contributed by atoms with Gasteiger partial charge in [-0.15, -0.1) is 0 Å². The Kier molecular flexibility index (Phi) is 33.1. The third kappa shape index (κ3) is 29.5. The molecule has 0 radical (unpaired) electrons. The van der Waals surface area contributed by atoms with E-state index in [0.29, 0.717) is 0 Å². The van der Waals surface area contributed by atoms with E-state index < -0.39 is 10.1 Å². The molecule has 1 rings (SSSR count). The molecule has 252 valence electrons. The van der Waals surface area contributed by atoms with E-state index in [2.05, 4.69) is 6.92 Å². The van der Waals surface area contributed by atoms with Crippen molar-refractivity contribution in [2.24, 2.45) is 0 Å². The number of hydrogen-bond donors (Lipinski definition) is 0. The first kappa shape index (κ1) is 44.1. The number of hydrogen-bond acceptors (Lipinski definition) is 3. The van der Waals surface area contributed by atoms with Gasteiger partial charge in [0.1, 0.15) is 10.1 Å². The first-order chi connectivity index (χ1) is 21.0. The molecular formula is C39H71NaO3S. The molecule has 0 unspecified atom stereocenters. The molecule has 0 spiro atoms. The Morgan fingerprint density at radius 1 is 0.455 bits per heavy atom. The molecule has 44 heavy (non-hydrogen) atoms. The quantitative estimate of drug-likeness (QED) is 0.0435. The van der Waals surface area contributed by atoms with Crippen molar-refractivity contribution in [1.82, 2.24) is 0 Å². The van der Waals surface area contributed by atoms with E-state index in [1.165, 1.54) is 205 Å². The summed E-state index contributed by atoms with van der Waals surface area (Å²) in [5, 5.41) is 0. The minimum atomic E-state index is -4.35. The molecule has 0 aliphatic rings. The summed E-state index contributed by atoms with van der Waals surface area (Å²) in [6.07, 6.45) is 44.5. The Morgan fingerprint density at radius 3 is 1.00 bits per heavy atom. The van der Waals surface area contributed by atoms with Crippen molar-refractivity contribution < 1.29 is 42.5 Å². The van der Waals surface area contributed by atoms with Crippen molar-refractivity contribution >= 4 is 10.1 Å². The minimum Gasteiger partial charge on any atom is -0.744 e. The molecule has 0 aromatic heterocycles. The second-order valence-electron chi connectivity index (χ2n) is 13.5. The Morgan fingerprint density at radius 2 is 0.727 bits per heavy atom. The van der Waals surface area contributed by atoms with Gasteiger partial charge in [0.25, 0.3) is 0 Å². The molecule has 0 saturated carbocycles. The largest absolute Gasteiger partial charge is 1.00 e. The monoisotopic (exact) mass is 643 g/mol. The average molecular weight is 643 g/mol. The van der Waals surface area contributed by atoms with Crippen molar-refractivity contribution in [2.45, 2.75) is 217 Å². The van der Waals surface area contributed by atoms with Crippen molar-refractivity contribution in [3.05, 3.63) is 29.8 Å². The molecule has 1 aromatic rings. The van der Waals surface area contributed by atoms with E-state index in [-0.39, 0.29) is 34.5 Å². The first-order valence-electron chi connectivity index (χ1n) is 19.1. The van der Waals surface area contributed by atoms with E-state index in [1.807, 2.05) is 6.07 Å². The van der Waals surface area contributed by atoms with Crippen LogP contribution >= 0.6 is 0 Å². The maximum Gasteiger partial charge on any atom is 1.00 e. The van der Waals surface area contributed by atoms with Gasteiger partial charge < -0.3 is 4.55 Å². The minimum absolute atomic E-state index is 0. The van der Waals surface area contributed by atoms with Crippen LogP contribution in [0.15, 0.2) is 29.2 Å². The maximum absolute atomic E-state index is 11.1. The van der Waals surface area contributed by atoms with Gasteiger partial charge in [0, 0.05) is 0 Å². The predicted octanol–water partition coefficient (Wildman–Crippen LogP) is 10.3. The van der Waals surface area contributed by atoms with Crippen molar-refractivity contribution in [3.8, 4) is 0 Å². The molecule has 0 heterocycles. The van der Waals surface area contributed by atoms with E-state index in [0.717, 1.165) is 18.4 Å². The van der Waals surface area contributed by atoms with Crippen LogP contribution in [0.2, 0.25) is 0 Å². The van der Waals surface area contributed by atoms with Gasteiger partial charge in [-0.25, -0.2) is 8.42 Å². The van der Waals surface area contributed by atoms with Crippen LogP contribution in [0.4, 0.5) is 0 Å². The average Bonchev–Trinajstić information content (AvgIpc) is 2.99. The fraction of sp³-hybridized carbons (Fsp3) is 0.846. The second-order valence-corrected chi connectivity index (χ2v) is 14.8. The van der Waals surface area contributed by atoms with Gasteiger partial charge in [0.05, 0.1) is 4.90 Å². The molecule has 5 heteroatoms. The fourth-order valence-corrected chi connectivity index (χ4v) is 6.93. The van der Waals surface area contributed by atoms with Crippen LogP contribution in [-0.4, -0.2) is 13.0 Å². The first-order valence-corrected chi connectivity index (χ1v) is 20.5. The predicted molar refractivity (Wildman–Crippen MR) is 187 cm³/mol. The van der Waals surface area contributed by atoms with E-state index in [4.69, 9.17) is 0 Å². The number of unbranched alkanes of at least 4 members (excludes halogenated alkanes) is 30. The SMILES string of the molecule is CCCCCCCCCCCCCCCCCCCCCCCCCCCCCCCCCc1cccc(S(=O)(=O)[O-])c1.[Na+]. The molecule has 0 N–H and O–H groups in total. The fourth-order valence-electron chi connectivity index (χ4n) is 6.39. The summed E-state index contributed by atoms with van der Waals surface area (Å²) < 4.78 is 33.4. The maximum atomic E-state index is 11.1. The van der Waals surface area contributed by atoms with Gasteiger partial charge in [-0.1, -0.05) is 212 Å². The van der Waals surface area contributed by atoms with Crippen LogP contribution in [0.3, 0.4) is 0 Å². The zero-order valence-corrected chi connectivity index (χ0v) is 32.4. The second kappa shape index (κ2) is 33.0. The van der Waals surface area contributed by atoms with Crippen LogP contribution < -0.4 is 29.6 Å². The zero-order valence-electron chi connectivity index (χ0n) is 29.6. The zero-order chi connectivity index (χ0) is 31.1. The summed E-state index contributed by atoms with van der Waals surface area (Å²) in [6.45, 7) is 2.30. The normalized spacial score (nSPS) is 11.6. The van der Waals surface area contributed by atoms with Crippen molar-refractivity contribution in [2.75, 3.05) is 0 Å². The number of benzene rings is 1. The van der Waals surface area contributed by atoms with E-state index in [9.17, 15) is 13.0 Å². The summed E-state index contributed by atoms with van der Waals surface area (Å²) in [5.74, 6) is 0. The van der Waals surface area contributed by atoms with Gasteiger partial charge in [0.15, 0.2) is 0 Å². The van der Waals surface area contributed by atoms with Crippen LogP contribution in [0.25, 0.3) is 0 Å². The summed E-state index contributed by atoms with van der Waals surface area (Å²) in [6, 6.07) is 6.50. The Hall–Kier alpha value is 0.130. The molecule has 1 aromatic carbocycles. The molecule has 0 saturated heterocycles. The molecule has 0 atom stereocenters. The van der Waals surface area contributed by atoms with Crippen LogP contribution in [0.1, 0.15) is 212 Å². The Labute approximate surface area is 298 Å². The number of rotatable bonds is 33. The van der Waals surface area contributed by atoms with E-state index >= 15 is 0 Å². The van der Waals surface area contributed by atoms with Gasteiger partial charge >= 0.3 is 29.6 Å². The smallest absolute Gasteiger partial charge is 0.744 e. The van der Waals surface area contributed by atoms with Crippen molar-refractivity contribution in [3.63, 3.8) is 0 Å². The summed E-state index contributed by atoms with van der Waals surface area (Å²) in [7, 11) is -4.35. The number of aryl methyl sites for hydroxylation is 1. The Bertz CT molecular complexity index is 826. The molecule has 0 fully saturated rings.